The van der Waals surface area contributed by atoms with Crippen LogP contribution in [0.5, 0.6) is 0 Å². The van der Waals surface area contributed by atoms with Crippen LogP contribution in [0.2, 0.25) is 0 Å². The van der Waals surface area contributed by atoms with Crippen LogP contribution in [-0.4, -0.2) is 53.2 Å². The van der Waals surface area contributed by atoms with Crippen LogP contribution in [0.25, 0.3) is 0 Å². The normalized spacial score (nSPS) is 23.6. The van der Waals surface area contributed by atoms with Crippen molar-refractivity contribution in [3.63, 3.8) is 0 Å². The highest BCUT2D eigenvalue weighted by molar-refractivity contribution is 5.94. The molecule has 0 atom stereocenters. The van der Waals surface area contributed by atoms with Crippen molar-refractivity contribution in [3.8, 4) is 6.07 Å². The second-order valence-electron chi connectivity index (χ2n) is 8.93. The summed E-state index contributed by atoms with van der Waals surface area (Å²) in [5.74, 6) is -0.643. The molecule has 160 valence electrons. The Balaban J connectivity index is 1.51. The summed E-state index contributed by atoms with van der Waals surface area (Å²) in [6, 6.07) is 8.50. The van der Waals surface area contributed by atoms with E-state index in [1.165, 1.54) is 4.90 Å². The van der Waals surface area contributed by atoms with Gasteiger partial charge in [0.2, 0.25) is 0 Å². The lowest BCUT2D eigenvalue weighted by atomic mass is 9.82. The van der Waals surface area contributed by atoms with E-state index in [1.54, 1.807) is 45.0 Å². The van der Waals surface area contributed by atoms with E-state index in [2.05, 4.69) is 5.32 Å². The molecule has 2 amide bonds. The third-order valence-electron chi connectivity index (χ3n) is 5.29. The van der Waals surface area contributed by atoms with Crippen LogP contribution >= 0.6 is 0 Å². The molecule has 3 rings (SSSR count). The molecule has 1 N–H and O–H groups in total. The number of benzene rings is 1. The van der Waals surface area contributed by atoms with Crippen molar-refractivity contribution in [2.24, 2.45) is 0 Å². The highest BCUT2D eigenvalue weighted by Gasteiger charge is 2.48. The molecule has 0 aromatic heterocycles. The molecule has 1 aromatic carbocycles. The van der Waals surface area contributed by atoms with Gasteiger partial charge in [0.05, 0.1) is 18.2 Å². The van der Waals surface area contributed by atoms with Gasteiger partial charge in [0.25, 0.3) is 5.91 Å². The lowest BCUT2D eigenvalue weighted by molar-refractivity contribution is -0.155. The number of nitriles is 1. The molecule has 1 saturated heterocycles. The van der Waals surface area contributed by atoms with Crippen LogP contribution in [0.4, 0.5) is 4.79 Å². The third-order valence-corrected chi connectivity index (χ3v) is 5.29. The maximum Gasteiger partial charge on any atom is 0.411 e. The number of rotatable bonds is 4. The van der Waals surface area contributed by atoms with Crippen molar-refractivity contribution < 1.29 is 23.9 Å². The van der Waals surface area contributed by atoms with Crippen molar-refractivity contribution in [2.45, 2.75) is 63.7 Å². The van der Waals surface area contributed by atoms with Gasteiger partial charge in [-0.2, -0.15) is 5.26 Å². The smallest absolute Gasteiger partial charge is 0.411 e. The van der Waals surface area contributed by atoms with Crippen molar-refractivity contribution in [3.05, 3.63) is 35.4 Å². The minimum absolute atomic E-state index is 0.0163. The van der Waals surface area contributed by atoms with Gasteiger partial charge in [-0.25, -0.2) is 4.79 Å². The first-order valence-electron chi connectivity index (χ1n) is 10.1. The molecule has 8 heteroatoms. The van der Waals surface area contributed by atoms with Gasteiger partial charge in [0.1, 0.15) is 17.7 Å². The molecule has 1 saturated carbocycles. The number of amides is 2. The first-order valence-corrected chi connectivity index (χ1v) is 10.1. The molecule has 1 heterocycles. The van der Waals surface area contributed by atoms with Crippen LogP contribution in [0.1, 0.15) is 62.4 Å². The van der Waals surface area contributed by atoms with E-state index in [1.807, 2.05) is 6.07 Å². The number of nitrogens with zero attached hydrogens (tertiary/aromatic N) is 2. The first kappa shape index (κ1) is 21.6. The van der Waals surface area contributed by atoms with Gasteiger partial charge in [-0.15, -0.1) is 0 Å². The number of hydrogen-bond donors (Lipinski definition) is 1. The lowest BCUT2D eigenvalue weighted by Gasteiger charge is -2.35. The molecule has 1 aromatic rings. The number of carbonyl (C=O) groups excluding carboxylic acids is 3. The van der Waals surface area contributed by atoms with Gasteiger partial charge in [-0.1, -0.05) is 0 Å². The molecule has 1 aliphatic carbocycles. The Morgan fingerprint density at radius 3 is 2.47 bits per heavy atom. The fourth-order valence-corrected chi connectivity index (χ4v) is 3.86. The molecule has 0 bridgehead atoms. The van der Waals surface area contributed by atoms with Gasteiger partial charge in [0, 0.05) is 11.6 Å². The highest BCUT2D eigenvalue weighted by Crippen LogP contribution is 2.37. The second-order valence-corrected chi connectivity index (χ2v) is 8.93. The molecule has 1 aliphatic heterocycles. The zero-order valence-corrected chi connectivity index (χ0v) is 17.6. The summed E-state index contributed by atoms with van der Waals surface area (Å²) in [5, 5.41) is 11.9. The third kappa shape index (κ3) is 5.29. The SMILES string of the molecule is CC(C)(C)OC(=O)CN1CC2(CCC(NC(=O)c3ccc(C#N)cc3)CC2)OC1=O. The number of carbonyl (C=O) groups is 3. The molecule has 0 unspecified atom stereocenters. The van der Waals surface area contributed by atoms with E-state index >= 15 is 0 Å². The van der Waals surface area contributed by atoms with Gasteiger partial charge >= 0.3 is 12.1 Å². The topological polar surface area (TPSA) is 109 Å². The van der Waals surface area contributed by atoms with Crippen LogP contribution in [0, 0.1) is 11.3 Å². The molecule has 0 radical (unpaired) electrons. The maximum atomic E-state index is 12.4. The Morgan fingerprint density at radius 2 is 1.90 bits per heavy atom. The zero-order chi connectivity index (χ0) is 21.9. The van der Waals surface area contributed by atoms with Gasteiger partial charge in [0.15, 0.2) is 0 Å². The second kappa shape index (κ2) is 8.34. The quantitative estimate of drug-likeness (QED) is 0.761. The minimum atomic E-state index is -0.616. The maximum absolute atomic E-state index is 12.4. The van der Waals surface area contributed by atoms with E-state index in [4.69, 9.17) is 14.7 Å². The predicted octanol–water partition coefficient (Wildman–Crippen LogP) is 2.76. The molecule has 1 spiro atoms. The molecule has 8 nitrogen and oxygen atoms in total. The molecule has 2 aliphatic rings. The molecule has 2 fully saturated rings. The van der Waals surface area contributed by atoms with Crippen LogP contribution in [0.15, 0.2) is 24.3 Å². The summed E-state index contributed by atoms with van der Waals surface area (Å²) < 4.78 is 10.9. The summed E-state index contributed by atoms with van der Waals surface area (Å²) in [7, 11) is 0. The average molecular weight is 413 g/mol. The van der Waals surface area contributed by atoms with Crippen LogP contribution in [-0.2, 0) is 14.3 Å². The predicted molar refractivity (Wildman–Crippen MR) is 108 cm³/mol. The summed E-state index contributed by atoms with van der Waals surface area (Å²) in [4.78, 5) is 38.1. The van der Waals surface area contributed by atoms with E-state index in [-0.39, 0.29) is 18.5 Å². The Morgan fingerprint density at radius 1 is 1.27 bits per heavy atom. The van der Waals surface area contributed by atoms with Crippen molar-refractivity contribution >= 4 is 18.0 Å². The van der Waals surface area contributed by atoms with E-state index in [0.717, 1.165) is 0 Å². The summed E-state index contributed by atoms with van der Waals surface area (Å²) in [6.45, 7) is 5.56. The van der Waals surface area contributed by atoms with Gasteiger partial charge in [-0.3, -0.25) is 14.5 Å². The fraction of sp³-hybridized carbons (Fsp3) is 0.545. The Kier molecular flexibility index (Phi) is 6.01. The number of nitrogens with one attached hydrogen (secondary N) is 1. The molecular formula is C22H27N3O5. The average Bonchev–Trinajstić information content (AvgIpc) is 2.97. The Hall–Kier alpha value is -3.08. The molecular weight excluding hydrogens is 386 g/mol. The minimum Gasteiger partial charge on any atom is -0.459 e. The first-order chi connectivity index (χ1) is 14.1. The van der Waals surface area contributed by atoms with Gasteiger partial charge < -0.3 is 14.8 Å². The summed E-state index contributed by atoms with van der Waals surface area (Å²) in [6.07, 6.45) is 2.08. The number of esters is 1. The largest absolute Gasteiger partial charge is 0.459 e. The number of hydrogen-bond acceptors (Lipinski definition) is 6. The standard InChI is InChI=1S/C22H27N3O5/c1-21(2,3)29-18(26)13-25-14-22(30-20(25)28)10-8-17(9-11-22)24-19(27)16-6-4-15(12-23)5-7-16/h4-7,17H,8-11,13-14H2,1-3H3,(H,24,27). The zero-order valence-electron chi connectivity index (χ0n) is 17.6. The number of ether oxygens (including phenoxy) is 2. The van der Waals surface area contributed by atoms with Crippen molar-refractivity contribution in [2.75, 3.05) is 13.1 Å². The highest BCUT2D eigenvalue weighted by atomic mass is 16.6. The fourth-order valence-electron chi connectivity index (χ4n) is 3.86. The molecule has 30 heavy (non-hydrogen) atoms. The van der Waals surface area contributed by atoms with Crippen molar-refractivity contribution in [1.82, 2.24) is 10.2 Å². The monoisotopic (exact) mass is 413 g/mol. The lowest BCUT2D eigenvalue weighted by Crippen LogP contribution is -2.45. The van der Waals surface area contributed by atoms with Crippen LogP contribution < -0.4 is 5.32 Å². The van der Waals surface area contributed by atoms with Crippen molar-refractivity contribution in [1.29, 1.82) is 5.26 Å². The van der Waals surface area contributed by atoms with E-state index in [9.17, 15) is 14.4 Å². The summed E-state index contributed by atoms with van der Waals surface area (Å²) >= 11 is 0. The van der Waals surface area contributed by atoms with E-state index < -0.39 is 23.3 Å². The summed E-state index contributed by atoms with van der Waals surface area (Å²) in [5.41, 5.74) is -0.214. The van der Waals surface area contributed by atoms with E-state index in [0.29, 0.717) is 43.4 Å². The Bertz CT molecular complexity index is 858. The van der Waals surface area contributed by atoms with Gasteiger partial charge in [-0.05, 0) is 70.7 Å². The Labute approximate surface area is 176 Å². The van der Waals surface area contributed by atoms with Crippen LogP contribution in [0.3, 0.4) is 0 Å².